The van der Waals surface area contributed by atoms with Gasteiger partial charge in [-0.2, -0.15) is 5.10 Å². The summed E-state index contributed by atoms with van der Waals surface area (Å²) in [7, 11) is 0. The minimum Gasteiger partial charge on any atom is -0.475 e. The smallest absolute Gasteiger partial charge is 0.226 e. The number of fused-ring (bicyclic) bond motifs is 1. The van der Waals surface area contributed by atoms with Gasteiger partial charge in [0.25, 0.3) is 0 Å². The first-order valence-corrected chi connectivity index (χ1v) is 4.22. The zero-order valence-corrected chi connectivity index (χ0v) is 7.75. The molecule has 0 fully saturated rings. The molecule has 0 N–H and O–H groups in total. The standard InChI is InChI=1S/C6H7IN2O/c1-4-5(7)6-9(8-4)2-3-10-6/h2-3H2,1H3. The minimum absolute atomic E-state index is 0.776. The van der Waals surface area contributed by atoms with Crippen molar-refractivity contribution >= 4 is 22.6 Å². The van der Waals surface area contributed by atoms with Crippen molar-refractivity contribution < 1.29 is 4.74 Å². The molecule has 0 amide bonds. The van der Waals surface area contributed by atoms with Crippen LogP contribution in [0.15, 0.2) is 0 Å². The number of halogens is 1. The first kappa shape index (κ1) is 6.45. The van der Waals surface area contributed by atoms with Gasteiger partial charge in [-0.25, -0.2) is 4.68 Å². The van der Waals surface area contributed by atoms with Gasteiger partial charge in [-0.1, -0.05) is 0 Å². The molecule has 0 saturated carbocycles. The van der Waals surface area contributed by atoms with Crippen LogP contribution in [0.1, 0.15) is 5.69 Å². The summed E-state index contributed by atoms with van der Waals surface area (Å²) in [5, 5.41) is 4.27. The highest BCUT2D eigenvalue weighted by molar-refractivity contribution is 14.1. The summed E-state index contributed by atoms with van der Waals surface area (Å²) in [6.07, 6.45) is 0. The van der Waals surface area contributed by atoms with Gasteiger partial charge < -0.3 is 4.74 Å². The Balaban J connectivity index is 2.59. The van der Waals surface area contributed by atoms with Gasteiger partial charge in [-0.3, -0.25) is 0 Å². The Morgan fingerprint density at radius 1 is 1.70 bits per heavy atom. The number of rotatable bonds is 0. The van der Waals surface area contributed by atoms with E-state index in [0.29, 0.717) is 0 Å². The van der Waals surface area contributed by atoms with Crippen LogP contribution in [0.4, 0.5) is 0 Å². The van der Waals surface area contributed by atoms with E-state index >= 15 is 0 Å². The van der Waals surface area contributed by atoms with E-state index in [0.717, 1.165) is 28.3 Å². The Bertz CT molecular complexity index is 269. The van der Waals surface area contributed by atoms with Crippen molar-refractivity contribution in [3.63, 3.8) is 0 Å². The van der Waals surface area contributed by atoms with Crippen LogP contribution in [0.2, 0.25) is 0 Å². The number of hydrogen-bond donors (Lipinski definition) is 0. The molecule has 0 unspecified atom stereocenters. The molecular weight excluding hydrogens is 243 g/mol. The van der Waals surface area contributed by atoms with Gasteiger partial charge in [0.1, 0.15) is 6.61 Å². The maximum absolute atomic E-state index is 5.34. The Hall–Kier alpha value is -0.260. The number of ether oxygens (including phenoxy) is 1. The van der Waals surface area contributed by atoms with Crippen LogP contribution in [-0.4, -0.2) is 16.4 Å². The van der Waals surface area contributed by atoms with E-state index in [1.807, 2.05) is 11.6 Å². The molecule has 2 rings (SSSR count). The Labute approximate surface area is 72.5 Å². The van der Waals surface area contributed by atoms with E-state index in [2.05, 4.69) is 27.7 Å². The van der Waals surface area contributed by atoms with Crippen molar-refractivity contribution in [3.05, 3.63) is 9.26 Å². The topological polar surface area (TPSA) is 27.1 Å². The molecule has 0 radical (unpaired) electrons. The van der Waals surface area contributed by atoms with Crippen LogP contribution < -0.4 is 4.74 Å². The third kappa shape index (κ3) is 0.744. The first-order chi connectivity index (χ1) is 4.79. The molecule has 54 valence electrons. The second-order valence-electron chi connectivity index (χ2n) is 2.28. The van der Waals surface area contributed by atoms with Gasteiger partial charge in [-0.15, -0.1) is 0 Å². The van der Waals surface area contributed by atoms with E-state index in [9.17, 15) is 0 Å². The largest absolute Gasteiger partial charge is 0.475 e. The van der Waals surface area contributed by atoms with E-state index in [1.54, 1.807) is 0 Å². The molecule has 4 heteroatoms. The second-order valence-corrected chi connectivity index (χ2v) is 3.35. The minimum atomic E-state index is 0.776. The molecule has 0 aromatic carbocycles. The number of hydrogen-bond acceptors (Lipinski definition) is 2. The van der Waals surface area contributed by atoms with E-state index in [-0.39, 0.29) is 0 Å². The van der Waals surface area contributed by atoms with Crippen LogP contribution in [0, 0.1) is 10.5 Å². The molecule has 3 nitrogen and oxygen atoms in total. The van der Waals surface area contributed by atoms with Gasteiger partial charge in [0.2, 0.25) is 5.88 Å². The monoisotopic (exact) mass is 250 g/mol. The van der Waals surface area contributed by atoms with E-state index in [1.165, 1.54) is 0 Å². The van der Waals surface area contributed by atoms with Gasteiger partial charge in [-0.05, 0) is 29.5 Å². The summed E-state index contributed by atoms with van der Waals surface area (Å²) >= 11 is 2.26. The fourth-order valence-corrected chi connectivity index (χ4v) is 1.60. The van der Waals surface area contributed by atoms with Crippen molar-refractivity contribution in [3.8, 4) is 5.88 Å². The summed E-state index contributed by atoms with van der Waals surface area (Å²) in [6, 6.07) is 0. The van der Waals surface area contributed by atoms with Gasteiger partial charge in [0, 0.05) is 0 Å². The number of nitrogens with zero attached hydrogens (tertiary/aromatic N) is 2. The van der Waals surface area contributed by atoms with Gasteiger partial charge >= 0.3 is 0 Å². The van der Waals surface area contributed by atoms with Crippen molar-refractivity contribution in [2.45, 2.75) is 13.5 Å². The Morgan fingerprint density at radius 3 is 3.20 bits per heavy atom. The zero-order chi connectivity index (χ0) is 7.14. The SMILES string of the molecule is Cc1nn2c(c1I)OCC2. The maximum atomic E-state index is 5.34. The normalized spacial score (nSPS) is 15.0. The predicted octanol–water partition coefficient (Wildman–Crippen LogP) is 1.19. The highest BCUT2D eigenvalue weighted by Gasteiger charge is 2.18. The van der Waals surface area contributed by atoms with Crippen LogP contribution in [0.3, 0.4) is 0 Å². The lowest BCUT2D eigenvalue weighted by Gasteiger charge is -1.90. The second kappa shape index (κ2) is 2.11. The van der Waals surface area contributed by atoms with Crippen LogP contribution in [0.5, 0.6) is 5.88 Å². The Morgan fingerprint density at radius 2 is 2.50 bits per heavy atom. The fraction of sp³-hybridized carbons (Fsp3) is 0.500. The average Bonchev–Trinajstić information content (AvgIpc) is 2.41. The lowest BCUT2D eigenvalue weighted by Crippen LogP contribution is -1.95. The summed E-state index contributed by atoms with van der Waals surface area (Å²) in [5.74, 6) is 0.943. The molecule has 1 aliphatic heterocycles. The maximum Gasteiger partial charge on any atom is 0.226 e. The molecule has 10 heavy (non-hydrogen) atoms. The Kier molecular flexibility index (Phi) is 1.36. The molecule has 1 aromatic heterocycles. The highest BCUT2D eigenvalue weighted by Crippen LogP contribution is 2.26. The third-order valence-corrected chi connectivity index (χ3v) is 2.79. The molecule has 0 aliphatic carbocycles. The highest BCUT2D eigenvalue weighted by atomic mass is 127. The molecule has 2 heterocycles. The lowest BCUT2D eigenvalue weighted by molar-refractivity contribution is 0.354. The molecular formula is C6H7IN2O. The summed E-state index contributed by atoms with van der Waals surface area (Å²) in [5.41, 5.74) is 1.07. The van der Waals surface area contributed by atoms with Crippen LogP contribution in [-0.2, 0) is 6.54 Å². The van der Waals surface area contributed by atoms with Crippen molar-refractivity contribution in [2.75, 3.05) is 6.61 Å². The van der Waals surface area contributed by atoms with Crippen molar-refractivity contribution in [1.29, 1.82) is 0 Å². The van der Waals surface area contributed by atoms with Crippen molar-refractivity contribution in [1.82, 2.24) is 9.78 Å². The molecule has 0 atom stereocenters. The molecule has 0 spiro atoms. The fourth-order valence-electron chi connectivity index (χ4n) is 1.06. The molecule has 1 aliphatic rings. The third-order valence-electron chi connectivity index (χ3n) is 1.55. The lowest BCUT2D eigenvalue weighted by atomic mass is 10.5. The van der Waals surface area contributed by atoms with Crippen molar-refractivity contribution in [2.24, 2.45) is 0 Å². The van der Waals surface area contributed by atoms with Crippen LogP contribution >= 0.6 is 22.6 Å². The number of aryl methyl sites for hydroxylation is 1. The summed E-state index contributed by atoms with van der Waals surface area (Å²) < 4.78 is 8.41. The average molecular weight is 250 g/mol. The quantitative estimate of drug-likeness (QED) is 0.646. The van der Waals surface area contributed by atoms with Crippen LogP contribution in [0.25, 0.3) is 0 Å². The summed E-state index contributed by atoms with van der Waals surface area (Å²) in [4.78, 5) is 0. The van der Waals surface area contributed by atoms with Gasteiger partial charge in [0.05, 0.1) is 15.8 Å². The first-order valence-electron chi connectivity index (χ1n) is 3.15. The summed E-state index contributed by atoms with van der Waals surface area (Å²) in [6.45, 7) is 3.67. The van der Waals surface area contributed by atoms with E-state index < -0.39 is 0 Å². The number of aromatic nitrogens is 2. The van der Waals surface area contributed by atoms with Gasteiger partial charge in [0.15, 0.2) is 0 Å². The molecule has 0 bridgehead atoms. The molecule has 0 saturated heterocycles. The zero-order valence-electron chi connectivity index (χ0n) is 5.59. The molecule has 1 aromatic rings. The predicted molar refractivity (Wildman–Crippen MR) is 45.2 cm³/mol. The van der Waals surface area contributed by atoms with E-state index in [4.69, 9.17) is 4.74 Å².